The molecule has 0 atom stereocenters. The van der Waals surface area contributed by atoms with Crippen molar-refractivity contribution in [1.29, 1.82) is 0 Å². The highest BCUT2D eigenvalue weighted by Gasteiger charge is 2.30. The molecule has 156 valence electrons. The lowest BCUT2D eigenvalue weighted by atomic mass is 10.1. The summed E-state index contributed by atoms with van der Waals surface area (Å²) in [4.78, 5) is 13.0. The van der Waals surface area contributed by atoms with E-state index in [1.54, 1.807) is 12.1 Å². The van der Waals surface area contributed by atoms with Gasteiger partial charge in [0.25, 0.3) is 0 Å². The summed E-state index contributed by atoms with van der Waals surface area (Å²) >= 11 is 1.39. The standard InChI is InChI=1S/C23H19F3O3S/c1-14(2)4-10-18-12-16-7-11-19(22(27)28-3)20(21(16)30-18)29-13-15-5-8-17(9-6-15)23(24,25)26/h5-9,11-12,14H,13H2,1-3H3. The van der Waals surface area contributed by atoms with E-state index in [1.165, 1.54) is 30.6 Å². The molecular formula is C23H19F3O3S. The second-order valence-corrected chi connectivity index (χ2v) is 7.92. The molecule has 0 aliphatic carbocycles. The van der Waals surface area contributed by atoms with Crippen LogP contribution in [0.2, 0.25) is 0 Å². The molecule has 0 aliphatic heterocycles. The van der Waals surface area contributed by atoms with Gasteiger partial charge in [0.1, 0.15) is 12.2 Å². The summed E-state index contributed by atoms with van der Waals surface area (Å²) in [5.41, 5.74) is 0.0737. The van der Waals surface area contributed by atoms with Crippen LogP contribution in [0.4, 0.5) is 13.2 Å². The molecule has 0 saturated heterocycles. The average Bonchev–Trinajstić information content (AvgIpc) is 3.13. The van der Waals surface area contributed by atoms with Crippen molar-refractivity contribution in [1.82, 2.24) is 0 Å². The molecule has 3 nitrogen and oxygen atoms in total. The summed E-state index contributed by atoms with van der Waals surface area (Å²) in [6, 6.07) is 10.0. The van der Waals surface area contributed by atoms with Gasteiger partial charge in [0.15, 0.2) is 5.75 Å². The van der Waals surface area contributed by atoms with Crippen molar-refractivity contribution >= 4 is 27.4 Å². The minimum Gasteiger partial charge on any atom is -0.486 e. The molecule has 0 spiro atoms. The number of methoxy groups -OCH3 is 1. The van der Waals surface area contributed by atoms with Gasteiger partial charge in [-0.1, -0.05) is 43.9 Å². The number of halogens is 3. The van der Waals surface area contributed by atoms with Crippen molar-refractivity contribution in [3.05, 3.63) is 64.0 Å². The van der Waals surface area contributed by atoms with Crippen molar-refractivity contribution in [2.75, 3.05) is 7.11 Å². The highest BCUT2D eigenvalue weighted by Crippen LogP contribution is 2.37. The lowest BCUT2D eigenvalue weighted by Gasteiger charge is -2.12. The van der Waals surface area contributed by atoms with Gasteiger partial charge >= 0.3 is 12.1 Å². The van der Waals surface area contributed by atoms with E-state index in [1.807, 2.05) is 19.9 Å². The molecule has 3 rings (SSSR count). The van der Waals surface area contributed by atoms with Crippen LogP contribution in [-0.2, 0) is 17.5 Å². The first kappa shape index (κ1) is 21.7. The average molecular weight is 432 g/mol. The molecule has 1 heterocycles. The molecule has 2 aromatic carbocycles. The van der Waals surface area contributed by atoms with Crippen LogP contribution in [0.15, 0.2) is 42.5 Å². The maximum absolute atomic E-state index is 12.7. The monoisotopic (exact) mass is 432 g/mol. The second-order valence-electron chi connectivity index (χ2n) is 6.87. The van der Waals surface area contributed by atoms with E-state index in [4.69, 9.17) is 9.47 Å². The van der Waals surface area contributed by atoms with Crippen LogP contribution in [0.1, 0.15) is 40.2 Å². The van der Waals surface area contributed by atoms with Crippen molar-refractivity contribution in [2.24, 2.45) is 5.92 Å². The van der Waals surface area contributed by atoms with Crippen LogP contribution in [0.25, 0.3) is 10.1 Å². The maximum atomic E-state index is 12.7. The molecule has 0 radical (unpaired) electrons. The normalized spacial score (nSPS) is 11.3. The zero-order chi connectivity index (χ0) is 21.9. The Hall–Kier alpha value is -2.98. The third-order valence-electron chi connectivity index (χ3n) is 4.20. The van der Waals surface area contributed by atoms with Crippen LogP contribution in [0.5, 0.6) is 5.75 Å². The molecule has 0 aliphatic rings. The number of thiophene rings is 1. The van der Waals surface area contributed by atoms with Crippen LogP contribution in [-0.4, -0.2) is 13.1 Å². The molecule has 0 bridgehead atoms. The zero-order valence-electron chi connectivity index (χ0n) is 16.6. The highest BCUT2D eigenvalue weighted by atomic mass is 32.1. The summed E-state index contributed by atoms with van der Waals surface area (Å²) in [6.45, 7) is 3.99. The predicted molar refractivity (Wildman–Crippen MR) is 111 cm³/mol. The number of rotatable bonds is 4. The molecule has 1 aromatic heterocycles. The van der Waals surface area contributed by atoms with E-state index in [2.05, 4.69) is 11.8 Å². The zero-order valence-corrected chi connectivity index (χ0v) is 17.4. The predicted octanol–water partition coefficient (Wildman–Crippen LogP) is 6.29. The smallest absolute Gasteiger partial charge is 0.416 e. The number of hydrogen-bond donors (Lipinski definition) is 0. The van der Waals surface area contributed by atoms with Crippen molar-refractivity contribution in [3.8, 4) is 17.6 Å². The maximum Gasteiger partial charge on any atom is 0.416 e. The number of carbonyl (C=O) groups excluding carboxylic acids is 1. The Kier molecular flexibility index (Phi) is 6.37. The van der Waals surface area contributed by atoms with Gasteiger partial charge in [-0.2, -0.15) is 13.2 Å². The largest absolute Gasteiger partial charge is 0.486 e. The van der Waals surface area contributed by atoms with Gasteiger partial charge in [-0.05, 0) is 35.2 Å². The number of benzene rings is 2. The molecule has 0 fully saturated rings. The molecule has 30 heavy (non-hydrogen) atoms. The molecule has 0 N–H and O–H groups in total. The SMILES string of the molecule is COC(=O)c1ccc2cc(C#CC(C)C)sc2c1OCc1ccc(C(F)(F)F)cc1. The van der Waals surface area contributed by atoms with E-state index in [9.17, 15) is 18.0 Å². The van der Waals surface area contributed by atoms with E-state index in [0.717, 1.165) is 27.1 Å². The lowest BCUT2D eigenvalue weighted by molar-refractivity contribution is -0.137. The first-order chi connectivity index (χ1) is 14.2. The Morgan fingerprint density at radius 1 is 1.13 bits per heavy atom. The topological polar surface area (TPSA) is 35.5 Å². The first-order valence-corrected chi connectivity index (χ1v) is 9.96. The number of ether oxygens (including phenoxy) is 2. The van der Waals surface area contributed by atoms with Crippen molar-refractivity contribution < 1.29 is 27.4 Å². The van der Waals surface area contributed by atoms with Crippen LogP contribution >= 0.6 is 11.3 Å². The van der Waals surface area contributed by atoms with Gasteiger partial charge in [-0.25, -0.2) is 4.79 Å². The van der Waals surface area contributed by atoms with Crippen LogP contribution in [0.3, 0.4) is 0 Å². The summed E-state index contributed by atoms with van der Waals surface area (Å²) in [5, 5.41) is 0.864. The van der Waals surface area contributed by atoms with Crippen molar-refractivity contribution in [3.63, 3.8) is 0 Å². The van der Waals surface area contributed by atoms with Gasteiger partial charge in [0.05, 0.1) is 22.3 Å². The number of carbonyl (C=O) groups is 1. The summed E-state index contributed by atoms with van der Waals surface area (Å²) < 4.78 is 49.7. The van der Waals surface area contributed by atoms with Gasteiger partial charge in [-0.15, -0.1) is 11.3 Å². The molecular weight excluding hydrogens is 413 g/mol. The number of esters is 1. The second kappa shape index (κ2) is 8.80. The summed E-state index contributed by atoms with van der Waals surface area (Å²) in [5.74, 6) is 6.21. The van der Waals surface area contributed by atoms with E-state index in [-0.39, 0.29) is 18.1 Å². The fourth-order valence-electron chi connectivity index (χ4n) is 2.71. The summed E-state index contributed by atoms with van der Waals surface area (Å²) in [6.07, 6.45) is -4.40. The third-order valence-corrected chi connectivity index (χ3v) is 5.26. The number of fused-ring (bicyclic) bond motifs is 1. The lowest BCUT2D eigenvalue weighted by Crippen LogP contribution is -2.07. The first-order valence-electron chi connectivity index (χ1n) is 9.14. The van der Waals surface area contributed by atoms with Gasteiger partial charge in [0.2, 0.25) is 0 Å². The Labute approximate surface area is 176 Å². The minimum atomic E-state index is -4.40. The molecule has 0 unspecified atom stereocenters. The van der Waals surface area contributed by atoms with Crippen molar-refractivity contribution in [2.45, 2.75) is 26.6 Å². The fraction of sp³-hybridized carbons (Fsp3) is 0.261. The summed E-state index contributed by atoms with van der Waals surface area (Å²) in [7, 11) is 1.28. The molecule has 7 heteroatoms. The minimum absolute atomic E-state index is 0.00610. The third kappa shape index (κ3) is 4.95. The van der Waals surface area contributed by atoms with Crippen LogP contribution in [0, 0.1) is 17.8 Å². The van der Waals surface area contributed by atoms with Gasteiger partial charge in [-0.3, -0.25) is 0 Å². The highest BCUT2D eigenvalue weighted by molar-refractivity contribution is 7.20. The van der Waals surface area contributed by atoms with E-state index < -0.39 is 17.7 Å². The molecule has 0 saturated carbocycles. The van der Waals surface area contributed by atoms with E-state index >= 15 is 0 Å². The van der Waals surface area contributed by atoms with Gasteiger partial charge < -0.3 is 9.47 Å². The van der Waals surface area contributed by atoms with Gasteiger partial charge in [0, 0.05) is 5.92 Å². The Balaban J connectivity index is 1.95. The van der Waals surface area contributed by atoms with E-state index in [0.29, 0.717) is 11.3 Å². The Morgan fingerprint density at radius 3 is 2.43 bits per heavy atom. The number of alkyl halides is 3. The number of hydrogen-bond acceptors (Lipinski definition) is 4. The molecule has 3 aromatic rings. The fourth-order valence-corrected chi connectivity index (χ4v) is 3.74. The quantitative estimate of drug-likeness (QED) is 0.359. The Morgan fingerprint density at radius 2 is 1.83 bits per heavy atom. The Bertz CT molecular complexity index is 1120. The molecule has 0 amide bonds. The van der Waals surface area contributed by atoms with Crippen LogP contribution < -0.4 is 4.74 Å².